The van der Waals surface area contributed by atoms with Gasteiger partial charge < -0.3 is 9.73 Å². The Morgan fingerprint density at radius 1 is 1.11 bits per heavy atom. The van der Waals surface area contributed by atoms with E-state index in [4.69, 9.17) is 16.0 Å². The standard InChI is InChI=1S/C21H15ClF3NO2/c1-13-6-7-14(22)12-18(13)26-20(27)11-9-15-8-10-19(28-15)16-4-2-3-5-17(16)21(23,24)25/h2-12H,1H3,(H,26,27)/b11-9+. The molecule has 0 saturated heterocycles. The van der Waals surface area contributed by atoms with Gasteiger partial charge in [-0.1, -0.05) is 35.9 Å². The van der Waals surface area contributed by atoms with Crippen LogP contribution in [0.2, 0.25) is 5.02 Å². The van der Waals surface area contributed by atoms with Crippen LogP contribution in [0.4, 0.5) is 18.9 Å². The van der Waals surface area contributed by atoms with Crippen molar-refractivity contribution in [1.82, 2.24) is 0 Å². The number of alkyl halides is 3. The molecule has 0 radical (unpaired) electrons. The molecule has 0 aliphatic heterocycles. The summed E-state index contributed by atoms with van der Waals surface area (Å²) in [5.41, 5.74) is 0.569. The third-order valence-electron chi connectivity index (χ3n) is 3.98. The number of carbonyl (C=O) groups excluding carboxylic acids is 1. The van der Waals surface area contributed by atoms with Crippen molar-refractivity contribution < 1.29 is 22.4 Å². The minimum absolute atomic E-state index is 0.0614. The number of benzene rings is 2. The number of nitrogens with one attached hydrogen (secondary N) is 1. The molecule has 0 fully saturated rings. The van der Waals surface area contributed by atoms with Gasteiger partial charge in [0.1, 0.15) is 11.5 Å². The van der Waals surface area contributed by atoms with Gasteiger partial charge in [0.15, 0.2) is 0 Å². The first-order valence-electron chi connectivity index (χ1n) is 8.26. The van der Waals surface area contributed by atoms with Gasteiger partial charge in [0.05, 0.1) is 5.56 Å². The molecule has 0 unspecified atom stereocenters. The molecule has 0 aliphatic carbocycles. The van der Waals surface area contributed by atoms with Gasteiger partial charge in [-0.3, -0.25) is 4.79 Å². The molecule has 0 bridgehead atoms. The molecule has 2 aromatic carbocycles. The van der Waals surface area contributed by atoms with E-state index >= 15 is 0 Å². The van der Waals surface area contributed by atoms with Crippen molar-refractivity contribution in [2.24, 2.45) is 0 Å². The van der Waals surface area contributed by atoms with E-state index in [1.165, 1.54) is 42.5 Å². The monoisotopic (exact) mass is 405 g/mol. The van der Waals surface area contributed by atoms with Gasteiger partial charge >= 0.3 is 6.18 Å². The summed E-state index contributed by atoms with van der Waals surface area (Å²) >= 11 is 5.91. The first kappa shape index (κ1) is 19.8. The van der Waals surface area contributed by atoms with Gasteiger partial charge in [0.25, 0.3) is 0 Å². The zero-order valence-electron chi connectivity index (χ0n) is 14.7. The van der Waals surface area contributed by atoms with E-state index in [1.54, 1.807) is 18.2 Å². The molecule has 1 heterocycles. The quantitative estimate of drug-likeness (QED) is 0.498. The molecule has 1 aromatic heterocycles. The Labute approximate surface area is 164 Å². The summed E-state index contributed by atoms with van der Waals surface area (Å²) in [6, 6.07) is 13.2. The number of furan rings is 1. The van der Waals surface area contributed by atoms with E-state index in [-0.39, 0.29) is 17.1 Å². The summed E-state index contributed by atoms with van der Waals surface area (Å²) in [7, 11) is 0. The van der Waals surface area contributed by atoms with Crippen LogP contribution in [0.5, 0.6) is 0 Å². The van der Waals surface area contributed by atoms with Crippen molar-refractivity contribution in [2.75, 3.05) is 5.32 Å². The summed E-state index contributed by atoms with van der Waals surface area (Å²) in [4.78, 5) is 12.1. The van der Waals surface area contributed by atoms with Crippen molar-refractivity contribution in [3.8, 4) is 11.3 Å². The zero-order chi connectivity index (χ0) is 20.3. The van der Waals surface area contributed by atoms with Gasteiger partial charge in [-0.25, -0.2) is 0 Å². The van der Waals surface area contributed by atoms with Crippen LogP contribution in [0.1, 0.15) is 16.9 Å². The number of aryl methyl sites for hydroxylation is 1. The van der Waals surface area contributed by atoms with Crippen molar-refractivity contribution in [1.29, 1.82) is 0 Å². The third-order valence-corrected chi connectivity index (χ3v) is 4.22. The Morgan fingerprint density at radius 2 is 1.86 bits per heavy atom. The number of halogens is 4. The minimum Gasteiger partial charge on any atom is -0.457 e. The molecule has 1 amide bonds. The molecule has 0 aliphatic rings. The van der Waals surface area contributed by atoms with E-state index in [9.17, 15) is 18.0 Å². The molecular formula is C21H15ClF3NO2. The molecule has 0 atom stereocenters. The van der Waals surface area contributed by atoms with Crippen molar-refractivity contribution in [2.45, 2.75) is 13.1 Å². The first-order valence-corrected chi connectivity index (χ1v) is 8.63. The average molecular weight is 406 g/mol. The predicted octanol–water partition coefficient (Wildman–Crippen LogP) is 6.58. The Bertz CT molecular complexity index is 1040. The number of hydrogen-bond acceptors (Lipinski definition) is 2. The number of carbonyl (C=O) groups is 1. The highest BCUT2D eigenvalue weighted by molar-refractivity contribution is 6.31. The Hall–Kier alpha value is -2.99. The van der Waals surface area contributed by atoms with Gasteiger partial charge in [-0.05, 0) is 48.9 Å². The fraction of sp³-hybridized carbons (Fsp3) is 0.0952. The van der Waals surface area contributed by atoms with Crippen LogP contribution in [0, 0.1) is 6.92 Å². The zero-order valence-corrected chi connectivity index (χ0v) is 15.4. The summed E-state index contributed by atoms with van der Waals surface area (Å²) < 4.78 is 44.9. The highest BCUT2D eigenvalue weighted by Crippen LogP contribution is 2.37. The molecular weight excluding hydrogens is 391 g/mol. The average Bonchev–Trinajstić information content (AvgIpc) is 3.11. The molecule has 3 nitrogen and oxygen atoms in total. The number of anilines is 1. The smallest absolute Gasteiger partial charge is 0.417 e. The molecule has 0 saturated carbocycles. The topological polar surface area (TPSA) is 42.2 Å². The van der Waals surface area contributed by atoms with Crippen LogP contribution in [0.15, 0.2) is 65.1 Å². The van der Waals surface area contributed by atoms with Gasteiger partial charge in [0, 0.05) is 22.3 Å². The van der Waals surface area contributed by atoms with Crippen molar-refractivity contribution in [3.05, 3.63) is 82.6 Å². The molecule has 28 heavy (non-hydrogen) atoms. The fourth-order valence-corrected chi connectivity index (χ4v) is 2.77. The fourth-order valence-electron chi connectivity index (χ4n) is 2.59. The van der Waals surface area contributed by atoms with Gasteiger partial charge in [-0.15, -0.1) is 0 Å². The van der Waals surface area contributed by atoms with Crippen LogP contribution in [-0.2, 0) is 11.0 Å². The summed E-state index contributed by atoms with van der Waals surface area (Å²) in [5.74, 6) is -0.0948. The minimum atomic E-state index is -4.49. The van der Waals surface area contributed by atoms with E-state index < -0.39 is 17.6 Å². The van der Waals surface area contributed by atoms with Crippen LogP contribution in [-0.4, -0.2) is 5.91 Å². The second-order valence-corrected chi connectivity index (χ2v) is 6.46. The largest absolute Gasteiger partial charge is 0.457 e. The maximum Gasteiger partial charge on any atom is 0.417 e. The van der Waals surface area contributed by atoms with Crippen LogP contribution in [0.25, 0.3) is 17.4 Å². The molecule has 7 heteroatoms. The van der Waals surface area contributed by atoms with Crippen molar-refractivity contribution in [3.63, 3.8) is 0 Å². The van der Waals surface area contributed by atoms with E-state index in [2.05, 4.69) is 5.32 Å². The first-order chi connectivity index (χ1) is 13.2. The number of hydrogen-bond donors (Lipinski definition) is 1. The van der Waals surface area contributed by atoms with Gasteiger partial charge in [-0.2, -0.15) is 13.2 Å². The Balaban J connectivity index is 1.76. The normalized spacial score (nSPS) is 11.8. The van der Waals surface area contributed by atoms with E-state index in [0.717, 1.165) is 11.6 Å². The molecule has 3 aromatic rings. The third kappa shape index (κ3) is 4.64. The lowest BCUT2D eigenvalue weighted by Crippen LogP contribution is -2.08. The van der Waals surface area contributed by atoms with Gasteiger partial charge in [0.2, 0.25) is 5.91 Å². The van der Waals surface area contributed by atoms with Crippen molar-refractivity contribution >= 4 is 29.3 Å². The van der Waals surface area contributed by atoms with Crippen LogP contribution < -0.4 is 5.32 Å². The van der Waals surface area contributed by atoms with E-state index in [1.807, 2.05) is 6.92 Å². The molecule has 3 rings (SSSR count). The second-order valence-electron chi connectivity index (χ2n) is 6.03. The lowest BCUT2D eigenvalue weighted by Gasteiger charge is -2.10. The highest BCUT2D eigenvalue weighted by Gasteiger charge is 2.34. The second kappa shape index (κ2) is 7.94. The Morgan fingerprint density at radius 3 is 2.61 bits per heavy atom. The SMILES string of the molecule is Cc1ccc(Cl)cc1NC(=O)/C=C/c1ccc(-c2ccccc2C(F)(F)F)o1. The number of rotatable bonds is 4. The highest BCUT2D eigenvalue weighted by atomic mass is 35.5. The number of amides is 1. The molecule has 1 N–H and O–H groups in total. The molecule has 0 spiro atoms. The lowest BCUT2D eigenvalue weighted by atomic mass is 10.1. The Kier molecular flexibility index (Phi) is 5.61. The van der Waals surface area contributed by atoms with Crippen LogP contribution >= 0.6 is 11.6 Å². The predicted molar refractivity (Wildman–Crippen MR) is 103 cm³/mol. The van der Waals surface area contributed by atoms with E-state index in [0.29, 0.717) is 10.7 Å². The summed E-state index contributed by atoms with van der Waals surface area (Å²) in [6.07, 6.45) is -1.87. The summed E-state index contributed by atoms with van der Waals surface area (Å²) in [5, 5.41) is 3.18. The molecule has 144 valence electrons. The lowest BCUT2D eigenvalue weighted by molar-refractivity contribution is -0.137. The maximum atomic E-state index is 13.1. The summed E-state index contributed by atoms with van der Waals surface area (Å²) in [6.45, 7) is 1.83. The maximum absolute atomic E-state index is 13.1. The van der Waals surface area contributed by atoms with Crippen LogP contribution in [0.3, 0.4) is 0 Å².